The van der Waals surface area contributed by atoms with Gasteiger partial charge in [0, 0.05) is 12.5 Å². The van der Waals surface area contributed by atoms with E-state index in [1.807, 2.05) is 6.92 Å². The summed E-state index contributed by atoms with van der Waals surface area (Å²) in [5.74, 6) is 0.742. The standard InChI is InChI=1S/C9H18N4/c1-2-13-9(11)8(10)7-3-5-12-6-4-7/h7,10,12H,2-6H2,1H3,(H2,11,13). The van der Waals surface area contributed by atoms with Gasteiger partial charge in [0.15, 0.2) is 0 Å². The monoisotopic (exact) mass is 182 g/mol. The molecule has 1 fully saturated rings. The average Bonchev–Trinajstić information content (AvgIpc) is 2.18. The van der Waals surface area contributed by atoms with Crippen LogP contribution in [0.1, 0.15) is 19.8 Å². The fraction of sp³-hybridized carbons (Fsp3) is 0.778. The van der Waals surface area contributed by atoms with Crippen molar-refractivity contribution >= 4 is 11.5 Å². The number of piperidine rings is 1. The van der Waals surface area contributed by atoms with Crippen LogP contribution >= 0.6 is 0 Å². The van der Waals surface area contributed by atoms with Crippen LogP contribution in [0.5, 0.6) is 0 Å². The van der Waals surface area contributed by atoms with Crippen LogP contribution in [-0.2, 0) is 0 Å². The number of rotatable bonds is 3. The van der Waals surface area contributed by atoms with E-state index in [9.17, 15) is 0 Å². The second-order valence-electron chi connectivity index (χ2n) is 3.30. The molecular weight excluding hydrogens is 164 g/mol. The predicted octanol–water partition coefficient (Wildman–Crippen LogP) is 0.383. The fourth-order valence-electron chi connectivity index (χ4n) is 1.58. The molecule has 0 aliphatic carbocycles. The zero-order chi connectivity index (χ0) is 9.68. The maximum absolute atomic E-state index is 7.81. The molecule has 1 saturated heterocycles. The highest BCUT2D eigenvalue weighted by atomic mass is 14.9. The molecule has 4 heteroatoms. The molecule has 0 unspecified atom stereocenters. The maximum Gasteiger partial charge on any atom is 0.139 e. The Morgan fingerprint density at radius 2 is 2.15 bits per heavy atom. The number of amidine groups is 1. The molecular formula is C9H18N4. The average molecular weight is 182 g/mol. The zero-order valence-corrected chi connectivity index (χ0v) is 8.14. The number of hydrogen-bond donors (Lipinski definition) is 3. The number of aliphatic imine (C=N–C) groups is 1. The summed E-state index contributed by atoms with van der Waals surface area (Å²) in [7, 11) is 0. The first-order valence-electron chi connectivity index (χ1n) is 4.85. The molecule has 0 bridgehead atoms. The molecule has 0 radical (unpaired) electrons. The third-order valence-corrected chi connectivity index (χ3v) is 2.35. The van der Waals surface area contributed by atoms with Gasteiger partial charge in [-0.25, -0.2) is 0 Å². The molecule has 0 atom stereocenters. The van der Waals surface area contributed by atoms with Gasteiger partial charge in [0.2, 0.25) is 0 Å². The largest absolute Gasteiger partial charge is 0.382 e. The number of hydrogen-bond acceptors (Lipinski definition) is 3. The van der Waals surface area contributed by atoms with Gasteiger partial charge < -0.3 is 16.5 Å². The van der Waals surface area contributed by atoms with Gasteiger partial charge in [0.1, 0.15) is 5.84 Å². The summed E-state index contributed by atoms with van der Waals surface area (Å²) in [6, 6.07) is 0. The van der Waals surface area contributed by atoms with E-state index in [4.69, 9.17) is 11.1 Å². The van der Waals surface area contributed by atoms with Gasteiger partial charge in [-0.15, -0.1) is 0 Å². The molecule has 0 aromatic carbocycles. The Hall–Kier alpha value is -0.900. The Balaban J connectivity index is 2.50. The zero-order valence-electron chi connectivity index (χ0n) is 8.14. The van der Waals surface area contributed by atoms with Crippen molar-refractivity contribution in [2.75, 3.05) is 19.6 Å². The van der Waals surface area contributed by atoms with Gasteiger partial charge >= 0.3 is 0 Å². The normalized spacial score (nSPS) is 20.2. The number of nitrogens with one attached hydrogen (secondary N) is 2. The van der Waals surface area contributed by atoms with E-state index in [0.29, 0.717) is 24.0 Å². The first-order valence-corrected chi connectivity index (χ1v) is 4.85. The lowest BCUT2D eigenvalue weighted by atomic mass is 9.92. The van der Waals surface area contributed by atoms with Gasteiger partial charge in [0.25, 0.3) is 0 Å². The topological polar surface area (TPSA) is 74.3 Å². The molecule has 1 aliphatic rings. The first-order chi connectivity index (χ1) is 6.25. The van der Waals surface area contributed by atoms with Crippen molar-refractivity contribution in [3.63, 3.8) is 0 Å². The van der Waals surface area contributed by atoms with E-state index < -0.39 is 0 Å². The van der Waals surface area contributed by atoms with Crippen LogP contribution in [0, 0.1) is 11.3 Å². The minimum atomic E-state index is 0.316. The van der Waals surface area contributed by atoms with E-state index >= 15 is 0 Å². The van der Waals surface area contributed by atoms with E-state index in [2.05, 4.69) is 10.3 Å². The second-order valence-corrected chi connectivity index (χ2v) is 3.30. The van der Waals surface area contributed by atoms with Crippen molar-refractivity contribution < 1.29 is 0 Å². The lowest BCUT2D eigenvalue weighted by Gasteiger charge is -2.22. The van der Waals surface area contributed by atoms with Gasteiger partial charge in [-0.2, -0.15) is 0 Å². The molecule has 74 valence electrons. The summed E-state index contributed by atoms with van der Waals surface area (Å²) in [4.78, 5) is 4.05. The molecule has 1 aliphatic heterocycles. The lowest BCUT2D eigenvalue weighted by Crippen LogP contribution is -2.37. The fourth-order valence-corrected chi connectivity index (χ4v) is 1.58. The smallest absolute Gasteiger partial charge is 0.139 e. The number of nitrogens with two attached hydrogens (primary N) is 1. The molecule has 0 spiro atoms. The van der Waals surface area contributed by atoms with Crippen molar-refractivity contribution in [1.82, 2.24) is 5.32 Å². The van der Waals surface area contributed by atoms with Gasteiger partial charge in [-0.1, -0.05) is 0 Å². The van der Waals surface area contributed by atoms with Crippen LogP contribution in [0.4, 0.5) is 0 Å². The van der Waals surface area contributed by atoms with Crippen molar-refractivity contribution in [1.29, 1.82) is 5.41 Å². The molecule has 4 nitrogen and oxygen atoms in total. The van der Waals surface area contributed by atoms with Crippen LogP contribution in [-0.4, -0.2) is 31.2 Å². The van der Waals surface area contributed by atoms with E-state index in [0.717, 1.165) is 25.9 Å². The lowest BCUT2D eigenvalue weighted by molar-refractivity contribution is 0.457. The van der Waals surface area contributed by atoms with Crippen LogP contribution in [0.2, 0.25) is 0 Å². The Kier molecular flexibility index (Phi) is 3.89. The maximum atomic E-state index is 7.81. The summed E-state index contributed by atoms with van der Waals surface area (Å²) in [5, 5.41) is 11.1. The highest BCUT2D eigenvalue weighted by Gasteiger charge is 2.19. The minimum absolute atomic E-state index is 0.316. The van der Waals surface area contributed by atoms with Gasteiger partial charge in [-0.05, 0) is 32.9 Å². The van der Waals surface area contributed by atoms with Crippen LogP contribution in [0.3, 0.4) is 0 Å². The van der Waals surface area contributed by atoms with E-state index in [1.165, 1.54) is 0 Å². The molecule has 1 heterocycles. The third kappa shape index (κ3) is 2.81. The Bertz CT molecular complexity index is 204. The summed E-state index contributed by atoms with van der Waals surface area (Å²) in [6.45, 7) is 4.58. The Morgan fingerprint density at radius 1 is 1.54 bits per heavy atom. The first kappa shape index (κ1) is 10.2. The van der Waals surface area contributed by atoms with Crippen molar-refractivity contribution in [3.05, 3.63) is 0 Å². The van der Waals surface area contributed by atoms with Crippen molar-refractivity contribution in [2.45, 2.75) is 19.8 Å². The highest BCUT2D eigenvalue weighted by Crippen LogP contribution is 2.12. The molecule has 0 saturated carbocycles. The summed E-state index contributed by atoms with van der Waals surface area (Å²) < 4.78 is 0. The minimum Gasteiger partial charge on any atom is -0.382 e. The summed E-state index contributed by atoms with van der Waals surface area (Å²) in [6.07, 6.45) is 2.03. The van der Waals surface area contributed by atoms with Crippen LogP contribution in [0.15, 0.2) is 4.99 Å². The van der Waals surface area contributed by atoms with Crippen LogP contribution in [0.25, 0.3) is 0 Å². The van der Waals surface area contributed by atoms with Crippen LogP contribution < -0.4 is 11.1 Å². The molecule has 0 aromatic heterocycles. The van der Waals surface area contributed by atoms with E-state index in [-0.39, 0.29) is 0 Å². The second kappa shape index (κ2) is 4.97. The molecule has 0 aromatic rings. The SMILES string of the molecule is CCN=C(N)C(=N)C1CCNCC1. The Morgan fingerprint density at radius 3 is 2.69 bits per heavy atom. The summed E-state index contributed by atoms with van der Waals surface area (Å²) in [5.41, 5.74) is 6.19. The quantitative estimate of drug-likeness (QED) is 0.436. The number of nitrogens with zero attached hydrogens (tertiary/aromatic N) is 1. The molecule has 1 rings (SSSR count). The van der Waals surface area contributed by atoms with Crippen molar-refractivity contribution in [3.8, 4) is 0 Å². The van der Waals surface area contributed by atoms with Gasteiger partial charge in [-0.3, -0.25) is 4.99 Å². The molecule has 4 N–H and O–H groups in total. The van der Waals surface area contributed by atoms with Gasteiger partial charge in [0.05, 0.1) is 5.71 Å². The molecule has 13 heavy (non-hydrogen) atoms. The third-order valence-electron chi connectivity index (χ3n) is 2.35. The van der Waals surface area contributed by atoms with E-state index in [1.54, 1.807) is 0 Å². The summed E-state index contributed by atoms with van der Waals surface area (Å²) >= 11 is 0. The molecule has 0 amide bonds. The highest BCUT2D eigenvalue weighted by molar-refractivity contribution is 6.40. The predicted molar refractivity (Wildman–Crippen MR) is 55.5 cm³/mol. The van der Waals surface area contributed by atoms with Crippen molar-refractivity contribution in [2.24, 2.45) is 16.6 Å². The Labute approximate surface area is 79.1 Å².